The number of likely N-dealkylation sites (tertiary alicyclic amines) is 1. The predicted molar refractivity (Wildman–Crippen MR) is 122 cm³/mol. The normalized spacial score (nSPS) is 24.5. The maximum absolute atomic E-state index is 12.6. The molecule has 0 bridgehead atoms. The van der Waals surface area contributed by atoms with Crippen LogP contribution in [0, 0.1) is 0 Å². The lowest BCUT2D eigenvalue weighted by atomic mass is 10.2. The highest BCUT2D eigenvalue weighted by Crippen LogP contribution is 2.29. The third-order valence-corrected chi connectivity index (χ3v) is 7.48. The van der Waals surface area contributed by atoms with Crippen LogP contribution in [-0.2, 0) is 4.74 Å². The molecule has 0 spiro atoms. The molecule has 1 amide bonds. The predicted octanol–water partition coefficient (Wildman–Crippen LogP) is 2.97. The Kier molecular flexibility index (Phi) is 6.48. The van der Waals surface area contributed by atoms with Crippen molar-refractivity contribution in [2.75, 3.05) is 20.1 Å². The van der Waals surface area contributed by atoms with E-state index in [0.717, 1.165) is 25.7 Å². The molecular weight excluding hydrogens is 420 g/mol. The van der Waals surface area contributed by atoms with E-state index in [0.29, 0.717) is 43.0 Å². The highest BCUT2D eigenvalue weighted by Gasteiger charge is 2.33. The van der Waals surface area contributed by atoms with Crippen LogP contribution >= 0.6 is 0 Å². The van der Waals surface area contributed by atoms with E-state index in [1.54, 1.807) is 12.1 Å². The number of carbonyl (C=O) groups is 2. The summed E-state index contributed by atoms with van der Waals surface area (Å²) in [6.45, 7) is 1.14. The minimum Gasteiger partial charge on any atom is -0.456 e. The van der Waals surface area contributed by atoms with E-state index in [1.807, 2.05) is 28.8 Å². The highest BCUT2D eigenvalue weighted by atomic mass is 16.5. The second-order valence-electron chi connectivity index (χ2n) is 9.80. The first-order chi connectivity index (χ1) is 16.1. The van der Waals surface area contributed by atoms with Crippen LogP contribution in [0.4, 0.5) is 0 Å². The second-order valence-corrected chi connectivity index (χ2v) is 9.80. The molecule has 2 atom stereocenters. The topological polar surface area (TPSA) is 94.3 Å². The molecule has 3 aliphatic rings. The van der Waals surface area contributed by atoms with Crippen LogP contribution < -0.4 is 5.32 Å². The van der Waals surface area contributed by atoms with Gasteiger partial charge >= 0.3 is 5.97 Å². The van der Waals surface area contributed by atoms with Crippen LogP contribution in [-0.4, -0.2) is 68.6 Å². The van der Waals surface area contributed by atoms with Gasteiger partial charge in [-0.2, -0.15) is 10.2 Å². The summed E-state index contributed by atoms with van der Waals surface area (Å²) >= 11 is 0. The Labute approximate surface area is 194 Å². The van der Waals surface area contributed by atoms with Crippen molar-refractivity contribution in [3.8, 4) is 0 Å². The number of ether oxygens (including phenoxy) is 1. The molecule has 1 saturated heterocycles. The van der Waals surface area contributed by atoms with E-state index in [-0.39, 0.29) is 24.0 Å². The van der Waals surface area contributed by atoms with Gasteiger partial charge in [-0.05, 0) is 44.9 Å². The van der Waals surface area contributed by atoms with Crippen LogP contribution in [0.2, 0.25) is 0 Å². The molecule has 1 aliphatic heterocycles. The van der Waals surface area contributed by atoms with Gasteiger partial charge in [-0.15, -0.1) is 0 Å². The van der Waals surface area contributed by atoms with E-state index in [4.69, 9.17) is 4.74 Å². The van der Waals surface area contributed by atoms with Crippen molar-refractivity contribution in [1.82, 2.24) is 29.8 Å². The van der Waals surface area contributed by atoms with Gasteiger partial charge < -0.3 is 10.1 Å². The van der Waals surface area contributed by atoms with Gasteiger partial charge in [0, 0.05) is 37.9 Å². The molecule has 33 heavy (non-hydrogen) atoms. The fraction of sp³-hybridized carbons (Fsp3) is 0.667. The number of nitrogens with one attached hydrogen (secondary N) is 1. The largest absolute Gasteiger partial charge is 0.456 e. The smallest absolute Gasteiger partial charge is 0.359 e. The molecule has 5 rings (SSSR count). The maximum atomic E-state index is 12.6. The molecular formula is C24H34N6O3. The number of carbonyl (C=O) groups excluding carboxylic acids is 2. The number of esters is 1. The number of hydrogen-bond acceptors (Lipinski definition) is 6. The van der Waals surface area contributed by atoms with Gasteiger partial charge in [-0.1, -0.05) is 25.7 Å². The second kappa shape index (κ2) is 9.67. The number of aromatic nitrogens is 4. The molecule has 2 aliphatic carbocycles. The molecule has 0 aromatic carbocycles. The molecule has 2 saturated carbocycles. The van der Waals surface area contributed by atoms with E-state index < -0.39 is 0 Å². The van der Waals surface area contributed by atoms with E-state index in [9.17, 15) is 9.59 Å². The lowest BCUT2D eigenvalue weighted by molar-refractivity contribution is 0.0317. The van der Waals surface area contributed by atoms with Crippen molar-refractivity contribution in [2.45, 2.75) is 82.0 Å². The number of nitrogens with zero attached hydrogens (tertiary/aromatic N) is 5. The van der Waals surface area contributed by atoms with Crippen molar-refractivity contribution < 1.29 is 14.3 Å². The quantitative estimate of drug-likeness (QED) is 0.647. The zero-order valence-electron chi connectivity index (χ0n) is 19.4. The molecule has 2 aromatic rings. The molecule has 3 fully saturated rings. The zero-order chi connectivity index (χ0) is 22.8. The van der Waals surface area contributed by atoms with Gasteiger partial charge in [0.2, 0.25) is 0 Å². The van der Waals surface area contributed by atoms with E-state index in [2.05, 4.69) is 20.4 Å². The Morgan fingerprint density at radius 3 is 2.18 bits per heavy atom. The van der Waals surface area contributed by atoms with Gasteiger partial charge in [0.05, 0.1) is 12.1 Å². The van der Waals surface area contributed by atoms with Crippen LogP contribution in [0.1, 0.15) is 90.8 Å². The summed E-state index contributed by atoms with van der Waals surface area (Å²) in [5.74, 6) is -0.523. The van der Waals surface area contributed by atoms with Gasteiger partial charge in [-0.3, -0.25) is 19.1 Å². The molecule has 0 radical (unpaired) electrons. The Bertz CT molecular complexity index is 973. The molecule has 9 heteroatoms. The van der Waals surface area contributed by atoms with Crippen LogP contribution in [0.3, 0.4) is 0 Å². The van der Waals surface area contributed by atoms with Crippen molar-refractivity contribution in [3.63, 3.8) is 0 Å². The fourth-order valence-corrected chi connectivity index (χ4v) is 5.52. The Hall–Kier alpha value is -2.68. The fourth-order valence-electron chi connectivity index (χ4n) is 5.52. The first-order valence-electron chi connectivity index (χ1n) is 12.4. The summed E-state index contributed by atoms with van der Waals surface area (Å²) in [5.41, 5.74) is 0.836. The molecule has 9 nitrogen and oxygen atoms in total. The zero-order valence-corrected chi connectivity index (χ0v) is 19.4. The maximum Gasteiger partial charge on any atom is 0.359 e. The Morgan fingerprint density at radius 1 is 0.970 bits per heavy atom. The monoisotopic (exact) mass is 454 g/mol. The molecule has 2 aromatic heterocycles. The summed E-state index contributed by atoms with van der Waals surface area (Å²) < 4.78 is 9.59. The van der Waals surface area contributed by atoms with Crippen LogP contribution in [0.5, 0.6) is 0 Å². The first-order valence-corrected chi connectivity index (χ1v) is 12.4. The first kappa shape index (κ1) is 22.1. The Morgan fingerprint density at radius 2 is 1.55 bits per heavy atom. The van der Waals surface area contributed by atoms with E-state index in [1.165, 1.54) is 25.7 Å². The summed E-state index contributed by atoms with van der Waals surface area (Å²) in [4.78, 5) is 27.3. The Balaban J connectivity index is 1.10. The van der Waals surface area contributed by atoms with Crippen molar-refractivity contribution in [1.29, 1.82) is 0 Å². The standard InChI is InChI=1S/C24H34N6O3/c1-28-16-20(33-24(32)22-11-13-30(27-22)18-8-4-5-9-18)14-19(28)15-25-23(31)21-10-12-29(26-21)17-6-2-3-7-17/h10-13,17-20H,2-9,14-16H2,1H3,(H,25,31)/t19-,20+/m0/s1. The molecule has 1 N–H and O–H groups in total. The number of amides is 1. The number of rotatable bonds is 7. The van der Waals surface area contributed by atoms with Gasteiger partial charge in [0.25, 0.3) is 5.91 Å². The van der Waals surface area contributed by atoms with Crippen molar-refractivity contribution in [2.24, 2.45) is 0 Å². The van der Waals surface area contributed by atoms with Crippen LogP contribution in [0.25, 0.3) is 0 Å². The van der Waals surface area contributed by atoms with Crippen molar-refractivity contribution >= 4 is 11.9 Å². The van der Waals surface area contributed by atoms with Gasteiger partial charge in [0.15, 0.2) is 5.69 Å². The van der Waals surface area contributed by atoms with E-state index >= 15 is 0 Å². The molecule has 178 valence electrons. The summed E-state index contributed by atoms with van der Waals surface area (Å²) in [6, 6.07) is 4.48. The summed E-state index contributed by atoms with van der Waals surface area (Å²) in [5, 5.41) is 11.9. The summed E-state index contributed by atoms with van der Waals surface area (Å²) in [6.07, 6.45) is 13.7. The lowest BCUT2D eigenvalue weighted by Gasteiger charge is -2.18. The number of hydrogen-bond donors (Lipinski definition) is 1. The molecule has 0 unspecified atom stereocenters. The van der Waals surface area contributed by atoms with Crippen LogP contribution in [0.15, 0.2) is 24.5 Å². The van der Waals surface area contributed by atoms with Gasteiger partial charge in [-0.25, -0.2) is 4.79 Å². The number of likely N-dealkylation sites (N-methyl/N-ethyl adjacent to an activating group) is 1. The average Bonchev–Trinajstić information content (AvgIpc) is 3.61. The minimum atomic E-state index is -0.368. The average molecular weight is 455 g/mol. The highest BCUT2D eigenvalue weighted by molar-refractivity contribution is 5.92. The SMILES string of the molecule is CN1C[C@H](OC(=O)c2ccn(C3CCCC3)n2)C[C@H]1CNC(=O)c1ccn(C2CCCC2)n1. The third-order valence-electron chi connectivity index (χ3n) is 7.48. The third kappa shape index (κ3) is 4.98. The summed E-state index contributed by atoms with van der Waals surface area (Å²) in [7, 11) is 1.99. The van der Waals surface area contributed by atoms with Crippen molar-refractivity contribution in [3.05, 3.63) is 35.9 Å². The van der Waals surface area contributed by atoms with Gasteiger partial charge in [0.1, 0.15) is 11.8 Å². The minimum absolute atomic E-state index is 0.111. The lowest BCUT2D eigenvalue weighted by Crippen LogP contribution is -2.38. The molecule has 3 heterocycles.